The molecule has 1 rings (SSSR count). The summed E-state index contributed by atoms with van der Waals surface area (Å²) in [7, 11) is 0. The number of carbonyl (C=O) groups excluding carboxylic acids is 1. The molecule has 0 N–H and O–H groups in total. The zero-order valence-corrected chi connectivity index (χ0v) is 11.9. The molecule has 1 aromatic carbocycles. The topological polar surface area (TPSA) is 26.3 Å². The summed E-state index contributed by atoms with van der Waals surface area (Å²) in [6.07, 6.45) is 0. The first-order valence-corrected chi connectivity index (χ1v) is 7.11. The maximum atomic E-state index is 11.4. The van der Waals surface area contributed by atoms with Crippen LogP contribution in [0.5, 0.6) is 5.75 Å². The maximum absolute atomic E-state index is 11.4. The van der Waals surface area contributed by atoms with Gasteiger partial charge in [0.1, 0.15) is 5.75 Å². The van der Waals surface area contributed by atoms with Gasteiger partial charge in [0.15, 0.2) is 5.78 Å². The van der Waals surface area contributed by atoms with E-state index >= 15 is 0 Å². The Balaban J connectivity index is 2.67. The first kappa shape index (κ1) is 13.6. The van der Waals surface area contributed by atoms with Crippen LogP contribution in [-0.4, -0.2) is 23.9 Å². The smallest absolute Gasteiger partial charge is 0.163 e. The highest BCUT2D eigenvalue weighted by atomic mass is 79.9. The minimum absolute atomic E-state index is 0.0273. The second-order valence-corrected chi connectivity index (χ2v) is 5.55. The molecule has 0 atom stereocenters. The summed E-state index contributed by atoms with van der Waals surface area (Å²) in [4.78, 5) is 11.4. The van der Waals surface area contributed by atoms with Gasteiger partial charge in [0.2, 0.25) is 0 Å². The average molecular weight is 303 g/mol. The van der Waals surface area contributed by atoms with E-state index in [0.29, 0.717) is 17.9 Å². The fourth-order valence-electron chi connectivity index (χ4n) is 1.26. The zero-order valence-electron chi connectivity index (χ0n) is 9.46. The Bertz CT molecular complexity index is 366. The summed E-state index contributed by atoms with van der Waals surface area (Å²) in [6, 6.07) is 5.51. The highest BCUT2D eigenvalue weighted by molar-refractivity contribution is 9.10. The molecule has 0 unspecified atom stereocenters. The molecule has 0 amide bonds. The zero-order chi connectivity index (χ0) is 12.0. The molecular weight excluding hydrogens is 288 g/mol. The third-order valence-corrected chi connectivity index (χ3v) is 3.37. The lowest BCUT2D eigenvalue weighted by Crippen LogP contribution is -2.04. The quantitative estimate of drug-likeness (QED) is 0.591. The van der Waals surface area contributed by atoms with Gasteiger partial charge in [-0.25, -0.2) is 0 Å². The molecule has 0 radical (unpaired) electrons. The van der Waals surface area contributed by atoms with Crippen molar-refractivity contribution < 1.29 is 9.53 Å². The number of ether oxygens (including phenoxy) is 1. The van der Waals surface area contributed by atoms with Gasteiger partial charge < -0.3 is 4.74 Å². The number of rotatable bonds is 6. The van der Waals surface area contributed by atoms with Gasteiger partial charge in [0.25, 0.3) is 0 Å². The Morgan fingerprint density at radius 2 is 2.25 bits per heavy atom. The summed E-state index contributed by atoms with van der Waals surface area (Å²) < 4.78 is 6.49. The van der Waals surface area contributed by atoms with Crippen LogP contribution in [0.1, 0.15) is 24.2 Å². The predicted molar refractivity (Wildman–Crippen MR) is 72.6 cm³/mol. The second kappa shape index (κ2) is 6.97. The van der Waals surface area contributed by atoms with Gasteiger partial charge in [-0.2, -0.15) is 11.8 Å². The lowest BCUT2D eigenvalue weighted by Gasteiger charge is -2.09. The van der Waals surface area contributed by atoms with Gasteiger partial charge in [0.05, 0.1) is 12.2 Å². The molecule has 2 nitrogen and oxygen atoms in total. The molecule has 0 bridgehead atoms. The van der Waals surface area contributed by atoms with Crippen LogP contribution in [0, 0.1) is 0 Å². The third kappa shape index (κ3) is 4.18. The highest BCUT2D eigenvalue weighted by Crippen LogP contribution is 2.23. The van der Waals surface area contributed by atoms with Crippen molar-refractivity contribution in [1.82, 2.24) is 0 Å². The van der Waals surface area contributed by atoms with Crippen molar-refractivity contribution in [2.75, 3.05) is 18.1 Å². The Morgan fingerprint density at radius 1 is 1.50 bits per heavy atom. The molecule has 0 aromatic heterocycles. The van der Waals surface area contributed by atoms with E-state index < -0.39 is 0 Å². The predicted octanol–water partition coefficient (Wildman–Crippen LogP) is 3.78. The number of benzene rings is 1. The van der Waals surface area contributed by atoms with E-state index in [2.05, 4.69) is 22.9 Å². The minimum Gasteiger partial charge on any atom is -0.492 e. The molecular formula is C12H15BrO2S. The van der Waals surface area contributed by atoms with Crippen molar-refractivity contribution in [2.24, 2.45) is 0 Å². The van der Waals surface area contributed by atoms with Gasteiger partial charge in [-0.1, -0.05) is 22.9 Å². The molecule has 0 spiro atoms. The number of ketones is 1. The third-order valence-electron chi connectivity index (χ3n) is 2.01. The van der Waals surface area contributed by atoms with Crippen LogP contribution >= 0.6 is 27.7 Å². The van der Waals surface area contributed by atoms with Gasteiger partial charge in [-0.15, -0.1) is 0 Å². The lowest BCUT2D eigenvalue weighted by atomic mass is 10.1. The van der Waals surface area contributed by atoms with Crippen molar-refractivity contribution in [2.45, 2.75) is 13.8 Å². The molecule has 0 aliphatic heterocycles. The molecule has 0 aliphatic rings. The number of hydrogen-bond acceptors (Lipinski definition) is 3. The minimum atomic E-state index is 0.0273. The van der Waals surface area contributed by atoms with Crippen LogP contribution in [0.15, 0.2) is 22.7 Å². The van der Waals surface area contributed by atoms with Crippen molar-refractivity contribution in [3.05, 3.63) is 28.2 Å². The fraction of sp³-hybridized carbons (Fsp3) is 0.417. The van der Waals surface area contributed by atoms with Crippen LogP contribution in [0.4, 0.5) is 0 Å². The van der Waals surface area contributed by atoms with E-state index in [0.717, 1.165) is 16.0 Å². The van der Waals surface area contributed by atoms with Crippen LogP contribution in [0.3, 0.4) is 0 Å². The molecule has 1 aromatic rings. The average Bonchev–Trinajstić information content (AvgIpc) is 2.26. The first-order chi connectivity index (χ1) is 7.65. The molecule has 0 fully saturated rings. The van der Waals surface area contributed by atoms with E-state index in [4.69, 9.17) is 4.74 Å². The normalized spacial score (nSPS) is 10.2. The largest absolute Gasteiger partial charge is 0.492 e. The molecule has 16 heavy (non-hydrogen) atoms. The van der Waals surface area contributed by atoms with Crippen molar-refractivity contribution in [1.29, 1.82) is 0 Å². The van der Waals surface area contributed by atoms with E-state index in [1.165, 1.54) is 0 Å². The summed E-state index contributed by atoms with van der Waals surface area (Å²) in [5.41, 5.74) is 0.635. The van der Waals surface area contributed by atoms with Crippen molar-refractivity contribution in [3.63, 3.8) is 0 Å². The Labute approximate surface area is 109 Å². The Morgan fingerprint density at radius 3 is 2.88 bits per heavy atom. The Kier molecular flexibility index (Phi) is 5.91. The fourth-order valence-corrected chi connectivity index (χ4v) is 2.11. The van der Waals surface area contributed by atoms with Gasteiger partial charge in [-0.05, 0) is 30.9 Å². The lowest BCUT2D eigenvalue weighted by molar-refractivity contribution is 0.101. The molecule has 0 heterocycles. The first-order valence-electron chi connectivity index (χ1n) is 5.16. The maximum Gasteiger partial charge on any atom is 0.163 e. The number of hydrogen-bond donors (Lipinski definition) is 0. The summed E-state index contributed by atoms with van der Waals surface area (Å²) in [5.74, 6) is 2.74. The molecule has 88 valence electrons. The van der Waals surface area contributed by atoms with Crippen LogP contribution in [0.25, 0.3) is 0 Å². The number of carbonyl (C=O) groups is 1. The second-order valence-electron chi connectivity index (χ2n) is 3.24. The Hall–Kier alpha value is -0.480. The molecule has 0 aliphatic carbocycles. The number of thioether (sulfide) groups is 1. The highest BCUT2D eigenvalue weighted by Gasteiger charge is 2.08. The van der Waals surface area contributed by atoms with E-state index in [1.54, 1.807) is 13.0 Å². The molecule has 0 saturated heterocycles. The van der Waals surface area contributed by atoms with E-state index in [1.807, 2.05) is 23.9 Å². The summed E-state index contributed by atoms with van der Waals surface area (Å²) in [5, 5.41) is 0. The van der Waals surface area contributed by atoms with Gasteiger partial charge >= 0.3 is 0 Å². The van der Waals surface area contributed by atoms with Crippen molar-refractivity contribution >= 4 is 33.5 Å². The van der Waals surface area contributed by atoms with Crippen LogP contribution < -0.4 is 4.74 Å². The molecule has 4 heteroatoms. The van der Waals surface area contributed by atoms with Gasteiger partial charge in [-0.3, -0.25) is 4.79 Å². The SMILES string of the molecule is CCSCCOc1ccc(Br)cc1C(C)=O. The molecule has 0 saturated carbocycles. The number of halogens is 1. The summed E-state index contributed by atoms with van der Waals surface area (Å²) >= 11 is 5.17. The van der Waals surface area contributed by atoms with E-state index in [9.17, 15) is 4.79 Å². The van der Waals surface area contributed by atoms with Crippen LogP contribution in [-0.2, 0) is 0 Å². The summed E-state index contributed by atoms with van der Waals surface area (Å²) in [6.45, 7) is 4.31. The van der Waals surface area contributed by atoms with Crippen molar-refractivity contribution in [3.8, 4) is 5.75 Å². The van der Waals surface area contributed by atoms with Gasteiger partial charge in [0, 0.05) is 10.2 Å². The standard InChI is InChI=1S/C12H15BrO2S/c1-3-16-7-6-15-12-5-4-10(13)8-11(12)9(2)14/h4-5,8H,3,6-7H2,1-2H3. The van der Waals surface area contributed by atoms with Crippen LogP contribution in [0.2, 0.25) is 0 Å². The monoisotopic (exact) mass is 302 g/mol. The van der Waals surface area contributed by atoms with E-state index in [-0.39, 0.29) is 5.78 Å². The number of Topliss-reactive ketones (excluding diaryl/α,β-unsaturated/α-hetero) is 1.